The Labute approximate surface area is 105 Å². The van der Waals surface area contributed by atoms with Gasteiger partial charge in [-0.3, -0.25) is 0 Å². The first-order chi connectivity index (χ1) is 8.22. The topological polar surface area (TPSA) is 17.1 Å². The molecule has 1 nitrogen and oxygen atoms in total. The minimum atomic E-state index is 0.684. The first-order valence-electron chi connectivity index (χ1n) is 6.37. The first kappa shape index (κ1) is 13.7. The van der Waals surface area contributed by atoms with E-state index in [-0.39, 0.29) is 0 Å². The van der Waals surface area contributed by atoms with E-state index in [4.69, 9.17) is 0 Å². The van der Waals surface area contributed by atoms with Gasteiger partial charge in [-0.15, -0.1) is 0 Å². The summed E-state index contributed by atoms with van der Waals surface area (Å²) < 4.78 is 0. The van der Waals surface area contributed by atoms with Gasteiger partial charge in [0.15, 0.2) is 0 Å². The fourth-order valence-electron chi connectivity index (χ4n) is 1.81. The molecular weight excluding hydrogens is 208 g/mol. The second-order valence-corrected chi connectivity index (χ2v) is 4.63. The average Bonchev–Trinajstić information content (AvgIpc) is 2.32. The number of carbonyl (C=O) groups is 1. The van der Waals surface area contributed by atoms with Crippen molar-refractivity contribution >= 4 is 6.29 Å². The van der Waals surface area contributed by atoms with Crippen LogP contribution in [0.1, 0.15) is 43.7 Å². The fourth-order valence-corrected chi connectivity index (χ4v) is 1.81. The molecule has 0 amide bonds. The van der Waals surface area contributed by atoms with E-state index in [1.54, 1.807) is 0 Å². The SMILES string of the molecule is C/C(=C\CCc1ccc(C)cc1)CCCC=O. The number of benzene rings is 1. The highest BCUT2D eigenvalue weighted by Gasteiger charge is 1.93. The van der Waals surface area contributed by atoms with Gasteiger partial charge in [0.05, 0.1) is 0 Å². The van der Waals surface area contributed by atoms with Crippen molar-refractivity contribution in [1.82, 2.24) is 0 Å². The fraction of sp³-hybridized carbons (Fsp3) is 0.438. The third kappa shape index (κ3) is 6.06. The summed E-state index contributed by atoms with van der Waals surface area (Å²) in [4.78, 5) is 10.2. The molecule has 0 fully saturated rings. The normalized spacial score (nSPS) is 11.5. The van der Waals surface area contributed by atoms with E-state index in [0.29, 0.717) is 6.42 Å². The van der Waals surface area contributed by atoms with Gasteiger partial charge in [0.25, 0.3) is 0 Å². The molecule has 0 radical (unpaired) electrons. The molecule has 0 unspecified atom stereocenters. The molecule has 0 heterocycles. The Balaban J connectivity index is 2.28. The van der Waals surface area contributed by atoms with Gasteiger partial charge in [0.1, 0.15) is 6.29 Å². The maximum Gasteiger partial charge on any atom is 0.120 e. The lowest BCUT2D eigenvalue weighted by Crippen LogP contribution is -1.85. The molecule has 0 N–H and O–H groups in total. The Bertz CT molecular complexity index is 360. The van der Waals surface area contributed by atoms with Crippen LogP contribution in [0.4, 0.5) is 0 Å². The van der Waals surface area contributed by atoms with Crippen molar-refractivity contribution in [3.05, 3.63) is 47.0 Å². The monoisotopic (exact) mass is 230 g/mol. The summed E-state index contributed by atoms with van der Waals surface area (Å²) in [7, 11) is 0. The molecule has 0 bridgehead atoms. The van der Waals surface area contributed by atoms with Gasteiger partial charge in [-0.2, -0.15) is 0 Å². The molecular formula is C16H22O. The van der Waals surface area contributed by atoms with Crippen molar-refractivity contribution in [3.8, 4) is 0 Å². The van der Waals surface area contributed by atoms with Crippen LogP contribution in [0.3, 0.4) is 0 Å². The minimum Gasteiger partial charge on any atom is -0.303 e. The van der Waals surface area contributed by atoms with Crippen molar-refractivity contribution in [2.45, 2.75) is 46.0 Å². The van der Waals surface area contributed by atoms with E-state index in [1.165, 1.54) is 16.7 Å². The van der Waals surface area contributed by atoms with Crippen LogP contribution in [0.2, 0.25) is 0 Å². The lowest BCUT2D eigenvalue weighted by Gasteiger charge is -2.01. The second-order valence-electron chi connectivity index (χ2n) is 4.63. The number of allylic oxidation sites excluding steroid dienone is 2. The Hall–Kier alpha value is -1.37. The molecule has 0 aliphatic heterocycles. The van der Waals surface area contributed by atoms with Crippen molar-refractivity contribution in [2.24, 2.45) is 0 Å². The molecule has 0 saturated heterocycles. The van der Waals surface area contributed by atoms with Gasteiger partial charge in [-0.05, 0) is 45.1 Å². The molecule has 1 aromatic rings. The Kier molecular flexibility index (Phi) is 6.31. The van der Waals surface area contributed by atoms with Crippen molar-refractivity contribution in [1.29, 1.82) is 0 Å². The predicted octanol–water partition coefficient (Wildman–Crippen LogP) is 4.24. The van der Waals surface area contributed by atoms with Gasteiger partial charge in [-0.25, -0.2) is 0 Å². The molecule has 1 heteroatoms. The molecule has 0 atom stereocenters. The number of unbranched alkanes of at least 4 members (excludes halogenated alkanes) is 1. The third-order valence-electron chi connectivity index (χ3n) is 2.94. The Morgan fingerprint density at radius 3 is 2.53 bits per heavy atom. The summed E-state index contributed by atoms with van der Waals surface area (Å²) in [6, 6.07) is 8.72. The van der Waals surface area contributed by atoms with E-state index in [9.17, 15) is 4.79 Å². The standard InChI is InChI=1S/C16H22O/c1-14(6-3-4-13-17)7-5-8-16-11-9-15(2)10-12-16/h7,9-13H,3-6,8H2,1-2H3/b14-7+. The number of carbonyl (C=O) groups excluding carboxylic acids is 1. The molecule has 92 valence electrons. The second kappa shape index (κ2) is 7.83. The first-order valence-corrected chi connectivity index (χ1v) is 6.37. The molecule has 0 saturated carbocycles. The van der Waals surface area contributed by atoms with Gasteiger partial charge < -0.3 is 4.79 Å². The van der Waals surface area contributed by atoms with E-state index < -0.39 is 0 Å². The van der Waals surface area contributed by atoms with Gasteiger partial charge in [-0.1, -0.05) is 41.5 Å². The molecule has 17 heavy (non-hydrogen) atoms. The molecule has 1 aromatic carbocycles. The number of aldehydes is 1. The molecule has 0 aromatic heterocycles. The largest absolute Gasteiger partial charge is 0.303 e. The maximum atomic E-state index is 10.2. The highest BCUT2D eigenvalue weighted by Crippen LogP contribution is 2.10. The number of rotatable bonds is 7. The van der Waals surface area contributed by atoms with Crippen molar-refractivity contribution in [3.63, 3.8) is 0 Å². The lowest BCUT2D eigenvalue weighted by atomic mass is 10.0. The molecule has 0 aliphatic rings. The van der Waals surface area contributed by atoms with Crippen molar-refractivity contribution < 1.29 is 4.79 Å². The summed E-state index contributed by atoms with van der Waals surface area (Å²) in [5.74, 6) is 0. The van der Waals surface area contributed by atoms with E-state index in [2.05, 4.69) is 44.2 Å². The summed E-state index contributed by atoms with van der Waals surface area (Å²) >= 11 is 0. The van der Waals surface area contributed by atoms with Crippen LogP contribution in [-0.4, -0.2) is 6.29 Å². The van der Waals surface area contributed by atoms with E-state index in [0.717, 1.165) is 32.0 Å². The number of hydrogen-bond acceptors (Lipinski definition) is 1. The zero-order valence-electron chi connectivity index (χ0n) is 10.9. The summed E-state index contributed by atoms with van der Waals surface area (Å²) in [5.41, 5.74) is 4.11. The van der Waals surface area contributed by atoms with Crippen LogP contribution >= 0.6 is 0 Å². The van der Waals surface area contributed by atoms with Crippen LogP contribution in [0.25, 0.3) is 0 Å². The number of aryl methyl sites for hydroxylation is 2. The predicted molar refractivity (Wildman–Crippen MR) is 73.2 cm³/mol. The minimum absolute atomic E-state index is 0.684. The third-order valence-corrected chi connectivity index (χ3v) is 2.94. The zero-order chi connectivity index (χ0) is 12.5. The smallest absolute Gasteiger partial charge is 0.120 e. The lowest BCUT2D eigenvalue weighted by molar-refractivity contribution is -0.107. The number of hydrogen-bond donors (Lipinski definition) is 0. The Morgan fingerprint density at radius 2 is 1.88 bits per heavy atom. The Morgan fingerprint density at radius 1 is 1.18 bits per heavy atom. The quantitative estimate of drug-likeness (QED) is 0.389. The molecule has 0 aliphatic carbocycles. The van der Waals surface area contributed by atoms with Crippen LogP contribution in [0.5, 0.6) is 0 Å². The van der Waals surface area contributed by atoms with Crippen LogP contribution in [-0.2, 0) is 11.2 Å². The zero-order valence-corrected chi connectivity index (χ0v) is 10.9. The van der Waals surface area contributed by atoms with E-state index >= 15 is 0 Å². The summed E-state index contributed by atoms with van der Waals surface area (Å²) in [6.07, 6.45) is 8.21. The summed E-state index contributed by atoms with van der Waals surface area (Å²) in [6.45, 7) is 4.26. The van der Waals surface area contributed by atoms with Crippen LogP contribution in [0.15, 0.2) is 35.9 Å². The molecule has 1 rings (SSSR count). The summed E-state index contributed by atoms with van der Waals surface area (Å²) in [5, 5.41) is 0. The molecule has 0 spiro atoms. The van der Waals surface area contributed by atoms with Crippen LogP contribution in [0, 0.1) is 6.92 Å². The van der Waals surface area contributed by atoms with Gasteiger partial charge >= 0.3 is 0 Å². The maximum absolute atomic E-state index is 10.2. The van der Waals surface area contributed by atoms with Gasteiger partial charge in [0, 0.05) is 6.42 Å². The van der Waals surface area contributed by atoms with Crippen LogP contribution < -0.4 is 0 Å². The average molecular weight is 230 g/mol. The highest BCUT2D eigenvalue weighted by atomic mass is 16.1. The van der Waals surface area contributed by atoms with Crippen molar-refractivity contribution in [2.75, 3.05) is 0 Å². The highest BCUT2D eigenvalue weighted by molar-refractivity contribution is 5.49. The van der Waals surface area contributed by atoms with E-state index in [1.807, 2.05) is 0 Å². The van der Waals surface area contributed by atoms with Gasteiger partial charge in [0.2, 0.25) is 0 Å².